The highest BCUT2D eigenvalue weighted by Gasteiger charge is 2.11. The number of carboxylic acid groups (broad SMARTS) is 1. The van der Waals surface area contributed by atoms with Crippen molar-refractivity contribution in [1.29, 1.82) is 0 Å². The highest BCUT2D eigenvalue weighted by Crippen LogP contribution is 2.15. The number of pyridine rings is 1. The molecule has 0 aliphatic heterocycles. The summed E-state index contributed by atoms with van der Waals surface area (Å²) in [6.45, 7) is 4.42. The summed E-state index contributed by atoms with van der Waals surface area (Å²) in [5.41, 5.74) is 3.27. The predicted octanol–water partition coefficient (Wildman–Crippen LogP) is 3.01. The Morgan fingerprint density at radius 1 is 1.16 bits per heavy atom. The number of hydrogen-bond donors (Lipinski definition) is 2. The first-order valence-corrected chi connectivity index (χ1v) is 6.06. The van der Waals surface area contributed by atoms with E-state index in [4.69, 9.17) is 5.11 Å². The number of nitrogens with zero attached hydrogens (tertiary/aromatic N) is 1. The lowest BCUT2D eigenvalue weighted by atomic mass is 10.1. The molecular formula is C15H16N2O2. The van der Waals surface area contributed by atoms with E-state index >= 15 is 0 Å². The number of hydrogen-bond acceptors (Lipinski definition) is 3. The number of rotatable bonds is 4. The topological polar surface area (TPSA) is 62.2 Å². The molecule has 0 amide bonds. The van der Waals surface area contributed by atoms with Crippen LogP contribution in [0, 0.1) is 13.8 Å². The molecule has 2 rings (SSSR count). The van der Waals surface area contributed by atoms with E-state index in [1.165, 1.54) is 5.56 Å². The van der Waals surface area contributed by atoms with Crippen LogP contribution in [0.3, 0.4) is 0 Å². The molecule has 19 heavy (non-hydrogen) atoms. The van der Waals surface area contributed by atoms with Crippen molar-refractivity contribution in [3.8, 4) is 0 Å². The third-order valence-electron chi connectivity index (χ3n) is 2.85. The lowest BCUT2D eigenvalue weighted by Crippen LogP contribution is -2.09. The first-order chi connectivity index (χ1) is 9.06. The molecule has 0 atom stereocenters. The van der Waals surface area contributed by atoms with Gasteiger partial charge in [0.15, 0.2) is 0 Å². The van der Waals surface area contributed by atoms with Crippen molar-refractivity contribution in [2.75, 3.05) is 5.32 Å². The third kappa shape index (κ3) is 3.31. The summed E-state index contributed by atoms with van der Waals surface area (Å²) < 4.78 is 0. The van der Waals surface area contributed by atoms with E-state index in [9.17, 15) is 4.79 Å². The predicted molar refractivity (Wildman–Crippen MR) is 74.4 cm³/mol. The van der Waals surface area contributed by atoms with Gasteiger partial charge in [0.1, 0.15) is 11.4 Å². The van der Waals surface area contributed by atoms with Crippen LogP contribution in [0.15, 0.2) is 36.4 Å². The highest BCUT2D eigenvalue weighted by molar-refractivity contribution is 5.93. The van der Waals surface area contributed by atoms with E-state index in [2.05, 4.69) is 10.3 Å². The van der Waals surface area contributed by atoms with Gasteiger partial charge in [-0.15, -0.1) is 0 Å². The van der Waals surface area contributed by atoms with Gasteiger partial charge in [-0.3, -0.25) is 0 Å². The Morgan fingerprint density at radius 3 is 2.47 bits per heavy atom. The number of benzene rings is 1. The van der Waals surface area contributed by atoms with Crippen molar-refractivity contribution in [2.24, 2.45) is 0 Å². The second-order valence-electron chi connectivity index (χ2n) is 4.49. The van der Waals surface area contributed by atoms with Gasteiger partial charge in [-0.1, -0.05) is 29.8 Å². The summed E-state index contributed by atoms with van der Waals surface area (Å²) in [5, 5.41) is 12.2. The van der Waals surface area contributed by atoms with Crippen molar-refractivity contribution in [2.45, 2.75) is 20.4 Å². The number of aromatic nitrogens is 1. The second kappa shape index (κ2) is 5.52. The van der Waals surface area contributed by atoms with Crippen molar-refractivity contribution >= 4 is 11.8 Å². The number of anilines is 1. The number of carboxylic acids is 1. The van der Waals surface area contributed by atoms with Crippen molar-refractivity contribution in [3.05, 3.63) is 58.8 Å². The van der Waals surface area contributed by atoms with E-state index in [1.807, 2.05) is 38.1 Å². The minimum absolute atomic E-state index is 0.192. The third-order valence-corrected chi connectivity index (χ3v) is 2.85. The molecule has 0 radical (unpaired) electrons. The van der Waals surface area contributed by atoms with Crippen LogP contribution in [0.1, 0.15) is 27.2 Å². The molecule has 0 bridgehead atoms. The summed E-state index contributed by atoms with van der Waals surface area (Å²) in [6, 6.07) is 11.3. The smallest absolute Gasteiger partial charge is 0.339 e. The fourth-order valence-corrected chi connectivity index (χ4v) is 1.76. The molecular weight excluding hydrogens is 240 g/mol. The Hall–Kier alpha value is -2.36. The van der Waals surface area contributed by atoms with Gasteiger partial charge in [0.25, 0.3) is 0 Å². The zero-order valence-corrected chi connectivity index (χ0v) is 11.0. The summed E-state index contributed by atoms with van der Waals surface area (Å²) >= 11 is 0. The van der Waals surface area contributed by atoms with Crippen molar-refractivity contribution in [1.82, 2.24) is 4.98 Å². The molecule has 0 aliphatic rings. The van der Waals surface area contributed by atoms with E-state index in [-0.39, 0.29) is 5.56 Å². The van der Waals surface area contributed by atoms with Crippen LogP contribution in [-0.2, 0) is 6.54 Å². The van der Waals surface area contributed by atoms with Crippen LogP contribution in [0.5, 0.6) is 0 Å². The van der Waals surface area contributed by atoms with Crippen LogP contribution >= 0.6 is 0 Å². The number of nitrogens with one attached hydrogen (secondary N) is 1. The highest BCUT2D eigenvalue weighted by atomic mass is 16.4. The summed E-state index contributed by atoms with van der Waals surface area (Å²) in [5.74, 6) is -0.563. The van der Waals surface area contributed by atoms with Gasteiger partial charge in [-0.05, 0) is 31.5 Å². The zero-order valence-electron chi connectivity index (χ0n) is 11.0. The Balaban J connectivity index is 2.16. The molecule has 1 aromatic heterocycles. The van der Waals surface area contributed by atoms with Crippen molar-refractivity contribution < 1.29 is 9.90 Å². The van der Waals surface area contributed by atoms with Crippen LogP contribution in [0.2, 0.25) is 0 Å². The SMILES string of the molecule is Cc1ccc(CNc2nc(C)ccc2C(=O)O)cc1. The monoisotopic (exact) mass is 256 g/mol. The van der Waals surface area contributed by atoms with E-state index in [0.717, 1.165) is 11.3 Å². The van der Waals surface area contributed by atoms with E-state index < -0.39 is 5.97 Å². The maximum absolute atomic E-state index is 11.1. The zero-order chi connectivity index (χ0) is 13.8. The molecule has 4 nitrogen and oxygen atoms in total. The average molecular weight is 256 g/mol. The van der Waals surface area contributed by atoms with Gasteiger partial charge < -0.3 is 10.4 Å². The van der Waals surface area contributed by atoms with Gasteiger partial charge >= 0.3 is 5.97 Å². The first kappa shape index (κ1) is 13.1. The summed E-state index contributed by atoms with van der Waals surface area (Å²) in [4.78, 5) is 15.3. The van der Waals surface area contributed by atoms with Gasteiger partial charge in [0.05, 0.1) is 0 Å². The van der Waals surface area contributed by atoms with Gasteiger partial charge in [0.2, 0.25) is 0 Å². The van der Waals surface area contributed by atoms with Crippen molar-refractivity contribution in [3.63, 3.8) is 0 Å². The molecule has 1 aromatic carbocycles. The number of aryl methyl sites for hydroxylation is 2. The minimum atomic E-state index is -0.973. The molecule has 0 spiro atoms. The Kier molecular flexibility index (Phi) is 3.80. The second-order valence-corrected chi connectivity index (χ2v) is 4.49. The average Bonchev–Trinajstić information content (AvgIpc) is 2.38. The molecule has 0 fully saturated rings. The molecule has 1 heterocycles. The van der Waals surface area contributed by atoms with Gasteiger partial charge in [-0.25, -0.2) is 9.78 Å². The van der Waals surface area contributed by atoms with E-state index in [0.29, 0.717) is 12.4 Å². The van der Waals surface area contributed by atoms with Gasteiger partial charge in [-0.2, -0.15) is 0 Å². The maximum atomic E-state index is 11.1. The maximum Gasteiger partial charge on any atom is 0.339 e. The Labute approximate surface area is 112 Å². The normalized spacial score (nSPS) is 10.2. The lowest BCUT2D eigenvalue weighted by Gasteiger charge is -2.09. The molecule has 98 valence electrons. The summed E-state index contributed by atoms with van der Waals surface area (Å²) in [7, 11) is 0. The largest absolute Gasteiger partial charge is 0.478 e. The Morgan fingerprint density at radius 2 is 1.84 bits per heavy atom. The number of carbonyl (C=O) groups is 1. The lowest BCUT2D eigenvalue weighted by molar-refractivity contribution is 0.0697. The molecule has 2 N–H and O–H groups in total. The molecule has 2 aromatic rings. The quantitative estimate of drug-likeness (QED) is 0.882. The summed E-state index contributed by atoms with van der Waals surface area (Å²) in [6.07, 6.45) is 0. The van der Waals surface area contributed by atoms with E-state index in [1.54, 1.807) is 12.1 Å². The molecule has 4 heteroatoms. The van der Waals surface area contributed by atoms with Gasteiger partial charge in [0, 0.05) is 12.2 Å². The molecule has 0 unspecified atom stereocenters. The number of aromatic carboxylic acids is 1. The standard InChI is InChI=1S/C15H16N2O2/c1-10-3-6-12(7-4-10)9-16-14-13(15(18)19)8-5-11(2)17-14/h3-8H,9H2,1-2H3,(H,16,17)(H,18,19). The minimum Gasteiger partial charge on any atom is -0.478 e. The van der Waals surface area contributed by atoms with Crippen LogP contribution in [0.4, 0.5) is 5.82 Å². The fraction of sp³-hybridized carbons (Fsp3) is 0.200. The first-order valence-electron chi connectivity index (χ1n) is 6.06. The molecule has 0 saturated carbocycles. The van der Waals surface area contributed by atoms with Crippen LogP contribution < -0.4 is 5.32 Å². The van der Waals surface area contributed by atoms with Crippen LogP contribution in [0.25, 0.3) is 0 Å². The fourth-order valence-electron chi connectivity index (χ4n) is 1.76. The molecule has 0 saturated heterocycles. The van der Waals surface area contributed by atoms with Crippen LogP contribution in [-0.4, -0.2) is 16.1 Å². The Bertz CT molecular complexity index is 592. The molecule has 0 aliphatic carbocycles.